The molecule has 0 radical (unpaired) electrons. The monoisotopic (exact) mass is 183 g/mol. The summed E-state index contributed by atoms with van der Waals surface area (Å²) in [5, 5.41) is 2.38. The third-order valence-electron chi connectivity index (χ3n) is 2.45. The summed E-state index contributed by atoms with van der Waals surface area (Å²) in [6.45, 7) is 4.29. The van der Waals surface area contributed by atoms with Crippen LogP contribution in [-0.2, 0) is 9.59 Å². The zero-order valence-electron chi connectivity index (χ0n) is 8.30. The van der Waals surface area contributed by atoms with E-state index >= 15 is 0 Å². The summed E-state index contributed by atoms with van der Waals surface area (Å²) in [7, 11) is 0. The highest BCUT2D eigenvalue weighted by Crippen LogP contribution is 2.20. The summed E-state index contributed by atoms with van der Waals surface area (Å²) < 4.78 is 0. The lowest BCUT2D eigenvalue weighted by Gasteiger charge is -2.21. The molecular formula is C10H17NO2. The van der Waals surface area contributed by atoms with Gasteiger partial charge in [0.15, 0.2) is 0 Å². The average Bonchev–Trinajstić information content (AvgIpc) is 2.02. The maximum atomic E-state index is 11.3. The molecule has 0 bridgehead atoms. The minimum atomic E-state index is -0.120. The molecule has 1 fully saturated rings. The third kappa shape index (κ3) is 3.17. The first-order valence-corrected chi connectivity index (χ1v) is 4.93. The van der Waals surface area contributed by atoms with Crippen LogP contribution in [0, 0.1) is 11.8 Å². The van der Waals surface area contributed by atoms with E-state index in [-0.39, 0.29) is 17.7 Å². The molecule has 0 aromatic heterocycles. The van der Waals surface area contributed by atoms with Gasteiger partial charge < -0.3 is 0 Å². The number of carbonyl (C=O) groups is 2. The quantitative estimate of drug-likeness (QED) is 0.673. The van der Waals surface area contributed by atoms with Gasteiger partial charge in [0.25, 0.3) is 0 Å². The number of rotatable bonds is 3. The Bertz CT molecular complexity index is 211. The number of hydrogen-bond acceptors (Lipinski definition) is 2. The molecule has 0 aromatic rings. The van der Waals surface area contributed by atoms with Crippen LogP contribution in [0.5, 0.6) is 0 Å². The summed E-state index contributed by atoms with van der Waals surface area (Å²) in [5.74, 6) is 0.508. The molecule has 3 nitrogen and oxygen atoms in total. The van der Waals surface area contributed by atoms with Crippen LogP contribution in [-0.4, -0.2) is 11.8 Å². The van der Waals surface area contributed by atoms with Crippen molar-refractivity contribution in [3.63, 3.8) is 0 Å². The lowest BCUT2D eigenvalue weighted by molar-refractivity contribution is -0.136. The number of carbonyl (C=O) groups excluding carboxylic acids is 2. The minimum Gasteiger partial charge on any atom is -0.296 e. The van der Waals surface area contributed by atoms with E-state index in [9.17, 15) is 9.59 Å². The number of nitrogens with one attached hydrogen (secondary N) is 1. The maximum Gasteiger partial charge on any atom is 0.229 e. The Morgan fingerprint density at radius 1 is 1.46 bits per heavy atom. The van der Waals surface area contributed by atoms with Crippen LogP contribution in [0.25, 0.3) is 0 Å². The van der Waals surface area contributed by atoms with Gasteiger partial charge in [0.05, 0.1) is 0 Å². The fraction of sp³-hybridized carbons (Fsp3) is 0.800. The van der Waals surface area contributed by atoms with Crippen LogP contribution in [0.3, 0.4) is 0 Å². The minimum absolute atomic E-state index is 0.0695. The van der Waals surface area contributed by atoms with E-state index in [0.717, 1.165) is 19.3 Å². The van der Waals surface area contributed by atoms with Crippen molar-refractivity contribution in [2.45, 2.75) is 39.5 Å². The molecular weight excluding hydrogens is 166 g/mol. The molecule has 0 aliphatic carbocycles. The fourth-order valence-corrected chi connectivity index (χ4v) is 1.55. The predicted octanol–water partition coefficient (Wildman–Crippen LogP) is 1.48. The van der Waals surface area contributed by atoms with E-state index in [2.05, 4.69) is 19.2 Å². The van der Waals surface area contributed by atoms with Gasteiger partial charge in [-0.25, -0.2) is 0 Å². The molecule has 1 aliphatic rings. The molecule has 3 heteroatoms. The SMILES string of the molecule is CC(C)CC[C@@H]1CCC(=O)NC1=O. The summed E-state index contributed by atoms with van der Waals surface area (Å²) >= 11 is 0. The van der Waals surface area contributed by atoms with Gasteiger partial charge >= 0.3 is 0 Å². The average molecular weight is 183 g/mol. The smallest absolute Gasteiger partial charge is 0.229 e. The predicted molar refractivity (Wildman–Crippen MR) is 49.9 cm³/mol. The van der Waals surface area contributed by atoms with Crippen LogP contribution in [0.15, 0.2) is 0 Å². The largest absolute Gasteiger partial charge is 0.296 e. The van der Waals surface area contributed by atoms with Gasteiger partial charge in [-0.3, -0.25) is 14.9 Å². The summed E-state index contributed by atoms with van der Waals surface area (Å²) in [5.41, 5.74) is 0. The van der Waals surface area contributed by atoms with Crippen molar-refractivity contribution < 1.29 is 9.59 Å². The molecule has 0 unspecified atom stereocenters. The molecule has 1 aliphatic heterocycles. The molecule has 74 valence electrons. The Morgan fingerprint density at radius 2 is 2.15 bits per heavy atom. The van der Waals surface area contributed by atoms with E-state index < -0.39 is 0 Å². The van der Waals surface area contributed by atoms with Crippen LogP contribution in [0.4, 0.5) is 0 Å². The van der Waals surface area contributed by atoms with Gasteiger partial charge in [-0.2, -0.15) is 0 Å². The Kier molecular flexibility index (Phi) is 3.46. The molecule has 1 heterocycles. The molecule has 1 rings (SSSR count). The van der Waals surface area contributed by atoms with E-state index in [1.165, 1.54) is 0 Å². The highest BCUT2D eigenvalue weighted by molar-refractivity contribution is 5.98. The zero-order valence-corrected chi connectivity index (χ0v) is 8.30. The number of imide groups is 1. The first-order chi connectivity index (χ1) is 6.09. The normalized spacial score (nSPS) is 23.5. The van der Waals surface area contributed by atoms with Crippen LogP contribution < -0.4 is 5.32 Å². The van der Waals surface area contributed by atoms with E-state index in [4.69, 9.17) is 0 Å². The van der Waals surface area contributed by atoms with Crippen molar-refractivity contribution in [3.05, 3.63) is 0 Å². The Labute approximate surface area is 78.9 Å². The van der Waals surface area contributed by atoms with Crippen molar-refractivity contribution >= 4 is 11.8 Å². The van der Waals surface area contributed by atoms with Gasteiger partial charge in [-0.1, -0.05) is 20.3 Å². The first-order valence-electron chi connectivity index (χ1n) is 4.93. The van der Waals surface area contributed by atoms with Crippen LogP contribution in [0.1, 0.15) is 39.5 Å². The Morgan fingerprint density at radius 3 is 2.69 bits per heavy atom. The number of amides is 2. The molecule has 0 aromatic carbocycles. The summed E-state index contributed by atoms with van der Waals surface area (Å²) in [4.78, 5) is 22.1. The lowest BCUT2D eigenvalue weighted by atomic mass is 9.91. The molecule has 2 amide bonds. The van der Waals surface area contributed by atoms with Crippen molar-refractivity contribution in [1.82, 2.24) is 5.32 Å². The van der Waals surface area contributed by atoms with Crippen molar-refractivity contribution in [1.29, 1.82) is 0 Å². The molecule has 0 saturated carbocycles. The van der Waals surface area contributed by atoms with Gasteiger partial charge in [0.1, 0.15) is 0 Å². The molecule has 0 spiro atoms. The second-order valence-corrected chi connectivity index (χ2v) is 4.12. The Hall–Kier alpha value is -0.860. The second kappa shape index (κ2) is 4.40. The fourth-order valence-electron chi connectivity index (χ4n) is 1.55. The third-order valence-corrected chi connectivity index (χ3v) is 2.45. The zero-order chi connectivity index (χ0) is 9.84. The highest BCUT2D eigenvalue weighted by Gasteiger charge is 2.25. The van der Waals surface area contributed by atoms with Gasteiger partial charge in [-0.15, -0.1) is 0 Å². The van der Waals surface area contributed by atoms with Crippen LogP contribution >= 0.6 is 0 Å². The molecule has 13 heavy (non-hydrogen) atoms. The van der Waals surface area contributed by atoms with Crippen molar-refractivity contribution in [2.75, 3.05) is 0 Å². The topological polar surface area (TPSA) is 46.2 Å². The number of hydrogen-bond donors (Lipinski definition) is 1. The van der Waals surface area contributed by atoms with Gasteiger partial charge in [0.2, 0.25) is 11.8 Å². The second-order valence-electron chi connectivity index (χ2n) is 4.12. The summed E-state index contributed by atoms with van der Waals surface area (Å²) in [6.07, 6.45) is 3.22. The van der Waals surface area contributed by atoms with Gasteiger partial charge in [-0.05, 0) is 18.8 Å². The first kappa shape index (κ1) is 10.2. The molecule has 1 saturated heterocycles. The lowest BCUT2D eigenvalue weighted by Crippen LogP contribution is -2.40. The van der Waals surface area contributed by atoms with E-state index in [1.807, 2.05) is 0 Å². The van der Waals surface area contributed by atoms with Crippen LogP contribution in [0.2, 0.25) is 0 Å². The van der Waals surface area contributed by atoms with Crippen molar-refractivity contribution in [3.8, 4) is 0 Å². The summed E-state index contributed by atoms with van der Waals surface area (Å²) in [6, 6.07) is 0. The van der Waals surface area contributed by atoms with E-state index in [0.29, 0.717) is 12.3 Å². The molecule has 1 N–H and O–H groups in total. The number of piperidine rings is 1. The van der Waals surface area contributed by atoms with Gasteiger partial charge in [0, 0.05) is 12.3 Å². The Balaban J connectivity index is 2.34. The highest BCUT2D eigenvalue weighted by atomic mass is 16.2. The van der Waals surface area contributed by atoms with E-state index in [1.54, 1.807) is 0 Å². The molecule has 1 atom stereocenters. The van der Waals surface area contributed by atoms with Crippen molar-refractivity contribution in [2.24, 2.45) is 11.8 Å². The standard InChI is InChI=1S/C10H17NO2/c1-7(2)3-4-8-5-6-9(12)11-10(8)13/h7-8H,3-6H2,1-2H3,(H,11,12,13)/t8-/m1/s1. The maximum absolute atomic E-state index is 11.3.